The van der Waals surface area contributed by atoms with Crippen LogP contribution >= 0.6 is 0 Å². The molecule has 0 saturated heterocycles. The fraction of sp³-hybridized carbons (Fsp3) is 0.333. The van der Waals surface area contributed by atoms with Crippen molar-refractivity contribution in [3.63, 3.8) is 0 Å². The second-order valence-electron chi connectivity index (χ2n) is 5.46. The SMILES string of the molecule is Cc1cccc(CC(C)Nc2nc(N)c3cnn(C)c3n2)n1. The Labute approximate surface area is 128 Å². The van der Waals surface area contributed by atoms with Crippen LogP contribution < -0.4 is 11.1 Å². The number of nitrogens with zero attached hydrogens (tertiary/aromatic N) is 5. The molecule has 0 spiro atoms. The summed E-state index contributed by atoms with van der Waals surface area (Å²) in [5.74, 6) is 0.940. The highest BCUT2D eigenvalue weighted by Crippen LogP contribution is 2.19. The van der Waals surface area contributed by atoms with Crippen LogP contribution in [0.15, 0.2) is 24.4 Å². The van der Waals surface area contributed by atoms with E-state index in [4.69, 9.17) is 5.73 Å². The summed E-state index contributed by atoms with van der Waals surface area (Å²) in [6.45, 7) is 4.05. The molecule has 3 aromatic rings. The normalized spacial score (nSPS) is 12.5. The molecule has 3 N–H and O–H groups in total. The van der Waals surface area contributed by atoms with Gasteiger partial charge >= 0.3 is 0 Å². The van der Waals surface area contributed by atoms with Crippen LogP contribution in [0.2, 0.25) is 0 Å². The van der Waals surface area contributed by atoms with Gasteiger partial charge in [-0.3, -0.25) is 9.67 Å². The van der Waals surface area contributed by atoms with Crippen molar-refractivity contribution in [3.05, 3.63) is 35.8 Å². The number of hydrogen-bond donors (Lipinski definition) is 2. The third-order valence-electron chi connectivity index (χ3n) is 3.46. The van der Waals surface area contributed by atoms with Crippen LogP contribution in [0.25, 0.3) is 11.0 Å². The van der Waals surface area contributed by atoms with Gasteiger partial charge in [0.2, 0.25) is 5.95 Å². The van der Waals surface area contributed by atoms with Crippen LogP contribution in [0.3, 0.4) is 0 Å². The second-order valence-corrected chi connectivity index (χ2v) is 5.46. The van der Waals surface area contributed by atoms with E-state index in [1.165, 1.54) is 0 Å². The predicted molar refractivity (Wildman–Crippen MR) is 86.5 cm³/mol. The van der Waals surface area contributed by atoms with Crippen LogP contribution in [-0.2, 0) is 13.5 Å². The number of aromatic nitrogens is 5. The minimum Gasteiger partial charge on any atom is -0.383 e. The van der Waals surface area contributed by atoms with Gasteiger partial charge < -0.3 is 11.1 Å². The molecule has 22 heavy (non-hydrogen) atoms. The van der Waals surface area contributed by atoms with Gasteiger partial charge in [0.15, 0.2) is 5.65 Å². The van der Waals surface area contributed by atoms with E-state index >= 15 is 0 Å². The number of nitrogens with two attached hydrogens (primary N) is 1. The van der Waals surface area contributed by atoms with Gasteiger partial charge in [0.25, 0.3) is 0 Å². The van der Waals surface area contributed by atoms with Gasteiger partial charge in [-0.15, -0.1) is 0 Å². The first-order valence-electron chi connectivity index (χ1n) is 7.17. The van der Waals surface area contributed by atoms with Crippen molar-refractivity contribution in [2.45, 2.75) is 26.3 Å². The highest BCUT2D eigenvalue weighted by Gasteiger charge is 2.11. The van der Waals surface area contributed by atoms with E-state index in [0.717, 1.165) is 28.8 Å². The Morgan fingerprint density at radius 1 is 1.27 bits per heavy atom. The van der Waals surface area contributed by atoms with Gasteiger partial charge in [0.1, 0.15) is 5.82 Å². The minimum atomic E-state index is 0.138. The smallest absolute Gasteiger partial charge is 0.226 e. The lowest BCUT2D eigenvalue weighted by Gasteiger charge is -2.14. The largest absolute Gasteiger partial charge is 0.383 e. The Kier molecular flexibility index (Phi) is 3.62. The summed E-state index contributed by atoms with van der Waals surface area (Å²) < 4.78 is 1.69. The number of nitrogens with one attached hydrogen (secondary N) is 1. The summed E-state index contributed by atoms with van der Waals surface area (Å²) in [5, 5.41) is 8.19. The highest BCUT2D eigenvalue weighted by atomic mass is 15.3. The van der Waals surface area contributed by atoms with Crippen molar-refractivity contribution in [1.82, 2.24) is 24.7 Å². The number of hydrogen-bond acceptors (Lipinski definition) is 6. The van der Waals surface area contributed by atoms with Gasteiger partial charge in [-0.2, -0.15) is 15.1 Å². The lowest BCUT2D eigenvalue weighted by Crippen LogP contribution is -2.21. The summed E-state index contributed by atoms with van der Waals surface area (Å²) in [5.41, 5.74) is 8.73. The first-order chi connectivity index (χ1) is 10.5. The molecule has 114 valence electrons. The van der Waals surface area contributed by atoms with Gasteiger partial charge in [0.05, 0.1) is 11.6 Å². The lowest BCUT2D eigenvalue weighted by molar-refractivity contribution is 0.753. The molecule has 0 amide bonds. The van der Waals surface area contributed by atoms with Crippen LogP contribution in [0.1, 0.15) is 18.3 Å². The van der Waals surface area contributed by atoms with Crippen molar-refractivity contribution >= 4 is 22.8 Å². The fourth-order valence-corrected chi connectivity index (χ4v) is 2.41. The van der Waals surface area contributed by atoms with Gasteiger partial charge in [0, 0.05) is 30.9 Å². The van der Waals surface area contributed by atoms with Crippen LogP contribution in [0.5, 0.6) is 0 Å². The van der Waals surface area contributed by atoms with Crippen LogP contribution in [-0.4, -0.2) is 30.8 Å². The number of rotatable bonds is 4. The Morgan fingerprint density at radius 3 is 2.86 bits per heavy atom. The number of aryl methyl sites for hydroxylation is 2. The molecule has 0 saturated carbocycles. The minimum absolute atomic E-state index is 0.138. The molecule has 1 unspecified atom stereocenters. The third-order valence-corrected chi connectivity index (χ3v) is 3.46. The molecule has 0 bridgehead atoms. The zero-order valence-corrected chi connectivity index (χ0v) is 12.9. The molecular formula is C15H19N7. The van der Waals surface area contributed by atoms with Crippen molar-refractivity contribution in [2.75, 3.05) is 11.1 Å². The molecule has 0 aliphatic heterocycles. The molecule has 3 rings (SSSR count). The van der Waals surface area contributed by atoms with E-state index in [2.05, 4.69) is 32.3 Å². The molecule has 0 aliphatic rings. The molecule has 0 aliphatic carbocycles. The van der Waals surface area contributed by atoms with E-state index in [-0.39, 0.29) is 6.04 Å². The average Bonchev–Trinajstić information content (AvgIpc) is 2.81. The van der Waals surface area contributed by atoms with Crippen LogP contribution in [0, 0.1) is 6.92 Å². The van der Waals surface area contributed by atoms with E-state index in [0.29, 0.717) is 11.8 Å². The van der Waals surface area contributed by atoms with E-state index in [1.807, 2.05) is 32.2 Å². The summed E-state index contributed by atoms with van der Waals surface area (Å²) in [6.07, 6.45) is 2.46. The molecule has 0 fully saturated rings. The second kappa shape index (κ2) is 5.59. The average molecular weight is 297 g/mol. The molecular weight excluding hydrogens is 278 g/mol. The molecule has 3 aromatic heterocycles. The van der Waals surface area contributed by atoms with Crippen molar-refractivity contribution in [3.8, 4) is 0 Å². The quantitative estimate of drug-likeness (QED) is 0.761. The van der Waals surface area contributed by atoms with Gasteiger partial charge in [-0.1, -0.05) is 6.07 Å². The number of anilines is 2. The van der Waals surface area contributed by atoms with Gasteiger partial charge in [-0.05, 0) is 26.0 Å². The number of fused-ring (bicyclic) bond motifs is 1. The first kappa shape index (κ1) is 14.2. The zero-order valence-electron chi connectivity index (χ0n) is 12.9. The molecule has 0 radical (unpaired) electrons. The standard InChI is InChI=1S/C15H19N7/c1-9-5-4-6-11(18-9)7-10(2)19-15-20-13(16)12-8-17-22(3)14(12)21-15/h4-6,8,10H,7H2,1-3H3,(H3,16,19,20,21). The Balaban J connectivity index is 1.79. The zero-order chi connectivity index (χ0) is 15.7. The fourth-order valence-electron chi connectivity index (χ4n) is 2.41. The molecule has 0 aromatic carbocycles. The number of nitrogen functional groups attached to an aromatic ring is 1. The molecule has 3 heterocycles. The highest BCUT2D eigenvalue weighted by molar-refractivity contribution is 5.86. The summed E-state index contributed by atoms with van der Waals surface area (Å²) in [7, 11) is 1.83. The molecule has 1 atom stereocenters. The maximum Gasteiger partial charge on any atom is 0.226 e. The Bertz CT molecular complexity index is 809. The third kappa shape index (κ3) is 2.83. The Morgan fingerprint density at radius 2 is 2.09 bits per heavy atom. The predicted octanol–water partition coefficient (Wildman–Crippen LogP) is 1.69. The lowest BCUT2D eigenvalue weighted by atomic mass is 10.1. The maximum absolute atomic E-state index is 5.96. The maximum atomic E-state index is 5.96. The summed E-state index contributed by atoms with van der Waals surface area (Å²) in [4.78, 5) is 13.3. The van der Waals surface area contributed by atoms with Crippen molar-refractivity contribution in [1.29, 1.82) is 0 Å². The van der Waals surface area contributed by atoms with E-state index < -0.39 is 0 Å². The Hall–Kier alpha value is -2.70. The van der Waals surface area contributed by atoms with E-state index in [9.17, 15) is 0 Å². The van der Waals surface area contributed by atoms with E-state index in [1.54, 1.807) is 10.9 Å². The molecule has 7 nitrogen and oxygen atoms in total. The monoisotopic (exact) mass is 297 g/mol. The van der Waals surface area contributed by atoms with Gasteiger partial charge in [-0.25, -0.2) is 0 Å². The topological polar surface area (TPSA) is 94.5 Å². The first-order valence-corrected chi connectivity index (χ1v) is 7.17. The van der Waals surface area contributed by atoms with Crippen molar-refractivity contribution < 1.29 is 0 Å². The van der Waals surface area contributed by atoms with Crippen molar-refractivity contribution in [2.24, 2.45) is 7.05 Å². The summed E-state index contributed by atoms with van der Waals surface area (Å²) in [6, 6.07) is 6.16. The van der Waals surface area contributed by atoms with Crippen LogP contribution in [0.4, 0.5) is 11.8 Å². The number of pyridine rings is 1. The molecule has 7 heteroatoms. The summed E-state index contributed by atoms with van der Waals surface area (Å²) >= 11 is 0.